The second-order valence-corrected chi connectivity index (χ2v) is 5.09. The Morgan fingerprint density at radius 2 is 1.90 bits per heavy atom. The molecule has 2 N–H and O–H groups in total. The predicted octanol–water partition coefficient (Wildman–Crippen LogP) is 1.80. The molecule has 7 heteroatoms. The van der Waals surface area contributed by atoms with Crippen molar-refractivity contribution in [3.8, 4) is 5.95 Å². The Morgan fingerprint density at radius 1 is 1.15 bits per heavy atom. The minimum absolute atomic E-state index is 0.494. The summed E-state index contributed by atoms with van der Waals surface area (Å²) in [5, 5.41) is 10.3. The molecule has 0 aliphatic rings. The molecule has 0 aromatic carbocycles. The third-order valence-corrected chi connectivity index (χ3v) is 3.28. The molecule has 0 aliphatic heterocycles. The van der Waals surface area contributed by atoms with Gasteiger partial charge in [0.25, 0.3) is 5.95 Å². The molecule has 0 fully saturated rings. The zero-order valence-electron chi connectivity index (χ0n) is 12.3. The highest BCUT2D eigenvalue weighted by Crippen LogP contribution is 2.12. The van der Waals surface area contributed by atoms with Gasteiger partial charge in [-0.05, 0) is 17.9 Å². The lowest BCUT2D eigenvalue weighted by Gasteiger charge is -2.16. The third-order valence-electron chi connectivity index (χ3n) is 3.28. The number of nitrogens with zero attached hydrogens (tertiary/aromatic N) is 5. The molecule has 1 atom stereocenters. The van der Waals surface area contributed by atoms with Crippen molar-refractivity contribution >= 4 is 11.9 Å². The van der Waals surface area contributed by atoms with E-state index < -0.39 is 0 Å². The number of anilines is 2. The Bertz CT molecular complexity index is 536. The van der Waals surface area contributed by atoms with Crippen LogP contribution in [0.5, 0.6) is 0 Å². The van der Waals surface area contributed by atoms with Gasteiger partial charge >= 0.3 is 0 Å². The number of hydrogen-bond donors (Lipinski definition) is 2. The lowest BCUT2D eigenvalue weighted by atomic mass is 9.98. The van der Waals surface area contributed by atoms with Crippen LogP contribution in [-0.4, -0.2) is 38.3 Å². The Hall–Kier alpha value is -2.18. The summed E-state index contributed by atoms with van der Waals surface area (Å²) >= 11 is 0. The van der Waals surface area contributed by atoms with Crippen LogP contribution < -0.4 is 10.6 Å². The highest BCUT2D eigenvalue weighted by molar-refractivity contribution is 5.37. The zero-order valence-corrected chi connectivity index (χ0v) is 12.3. The predicted molar refractivity (Wildman–Crippen MR) is 79.0 cm³/mol. The van der Waals surface area contributed by atoms with Gasteiger partial charge in [-0.25, -0.2) is 4.68 Å². The highest BCUT2D eigenvalue weighted by Gasteiger charge is 2.10. The van der Waals surface area contributed by atoms with E-state index in [0.717, 1.165) is 6.54 Å². The van der Waals surface area contributed by atoms with E-state index in [0.29, 0.717) is 29.7 Å². The average molecular weight is 275 g/mol. The molecule has 7 nitrogen and oxygen atoms in total. The van der Waals surface area contributed by atoms with Crippen molar-refractivity contribution < 1.29 is 0 Å². The van der Waals surface area contributed by atoms with Crippen molar-refractivity contribution in [3.63, 3.8) is 0 Å². The molecule has 108 valence electrons. The molecule has 2 aromatic heterocycles. The maximum absolute atomic E-state index is 4.38. The van der Waals surface area contributed by atoms with Crippen molar-refractivity contribution in [3.05, 3.63) is 18.5 Å². The first kappa shape index (κ1) is 14.2. The van der Waals surface area contributed by atoms with Crippen LogP contribution in [0.1, 0.15) is 20.8 Å². The second-order valence-electron chi connectivity index (χ2n) is 5.09. The summed E-state index contributed by atoms with van der Waals surface area (Å²) in [5.74, 6) is 2.72. The molecule has 2 heterocycles. The zero-order chi connectivity index (χ0) is 14.5. The highest BCUT2D eigenvalue weighted by atomic mass is 15.4. The van der Waals surface area contributed by atoms with Gasteiger partial charge in [-0.2, -0.15) is 20.1 Å². The van der Waals surface area contributed by atoms with Crippen molar-refractivity contribution in [2.75, 3.05) is 24.2 Å². The first-order valence-corrected chi connectivity index (χ1v) is 6.78. The van der Waals surface area contributed by atoms with Crippen LogP contribution in [0.3, 0.4) is 0 Å². The van der Waals surface area contributed by atoms with Gasteiger partial charge in [-0.15, -0.1) is 0 Å². The van der Waals surface area contributed by atoms with Crippen LogP contribution >= 0.6 is 0 Å². The second kappa shape index (κ2) is 6.31. The Kier molecular flexibility index (Phi) is 4.49. The monoisotopic (exact) mass is 275 g/mol. The van der Waals surface area contributed by atoms with Crippen LogP contribution in [0.2, 0.25) is 0 Å². The molecule has 0 saturated heterocycles. The molecule has 2 aromatic rings. The van der Waals surface area contributed by atoms with Crippen molar-refractivity contribution in [2.45, 2.75) is 20.8 Å². The maximum atomic E-state index is 4.38. The maximum Gasteiger partial charge on any atom is 0.257 e. The molecule has 0 aliphatic carbocycles. The van der Waals surface area contributed by atoms with Crippen LogP contribution in [0.15, 0.2) is 18.5 Å². The van der Waals surface area contributed by atoms with E-state index in [1.165, 1.54) is 0 Å². The molecule has 0 spiro atoms. The smallest absolute Gasteiger partial charge is 0.257 e. The first-order chi connectivity index (χ1) is 9.60. The number of aromatic nitrogens is 5. The van der Waals surface area contributed by atoms with Gasteiger partial charge in [0.2, 0.25) is 11.9 Å². The normalized spacial score (nSPS) is 12.4. The number of rotatable bonds is 6. The van der Waals surface area contributed by atoms with Crippen LogP contribution in [0.4, 0.5) is 11.9 Å². The molecule has 0 amide bonds. The lowest BCUT2D eigenvalue weighted by Crippen LogP contribution is -2.19. The molecule has 1 unspecified atom stereocenters. The van der Waals surface area contributed by atoms with Crippen LogP contribution in [0, 0.1) is 11.8 Å². The third kappa shape index (κ3) is 3.43. The van der Waals surface area contributed by atoms with E-state index >= 15 is 0 Å². The summed E-state index contributed by atoms with van der Waals surface area (Å²) in [4.78, 5) is 13.0. The summed E-state index contributed by atoms with van der Waals surface area (Å²) in [6.45, 7) is 7.43. The van der Waals surface area contributed by atoms with E-state index in [2.05, 4.69) is 51.5 Å². The molecular formula is C13H21N7. The van der Waals surface area contributed by atoms with E-state index in [4.69, 9.17) is 0 Å². The molecular weight excluding hydrogens is 254 g/mol. The van der Waals surface area contributed by atoms with Crippen molar-refractivity contribution in [1.29, 1.82) is 0 Å². The first-order valence-electron chi connectivity index (χ1n) is 6.78. The van der Waals surface area contributed by atoms with Gasteiger partial charge in [0.05, 0.1) is 0 Å². The van der Waals surface area contributed by atoms with Crippen molar-refractivity contribution in [2.24, 2.45) is 11.8 Å². The van der Waals surface area contributed by atoms with E-state index in [1.807, 2.05) is 6.07 Å². The van der Waals surface area contributed by atoms with Gasteiger partial charge in [0, 0.05) is 26.0 Å². The summed E-state index contributed by atoms with van der Waals surface area (Å²) in [6.07, 6.45) is 3.49. The Balaban J connectivity index is 2.18. The largest absolute Gasteiger partial charge is 0.357 e. The molecule has 20 heavy (non-hydrogen) atoms. The molecule has 0 saturated carbocycles. The fourth-order valence-corrected chi connectivity index (χ4v) is 1.53. The fraction of sp³-hybridized carbons (Fsp3) is 0.538. The lowest BCUT2D eigenvalue weighted by molar-refractivity contribution is 0.439. The van der Waals surface area contributed by atoms with Gasteiger partial charge in [-0.1, -0.05) is 20.8 Å². The van der Waals surface area contributed by atoms with Gasteiger partial charge < -0.3 is 10.6 Å². The Morgan fingerprint density at radius 3 is 2.50 bits per heavy atom. The van der Waals surface area contributed by atoms with E-state index in [1.54, 1.807) is 24.1 Å². The SMILES string of the molecule is CNc1nc(NCC(C)C(C)C)nc(-n2cccn2)n1. The minimum atomic E-state index is 0.494. The molecule has 2 rings (SSSR count). The van der Waals surface area contributed by atoms with Gasteiger partial charge in [0.1, 0.15) is 0 Å². The summed E-state index contributed by atoms with van der Waals surface area (Å²) in [7, 11) is 1.78. The van der Waals surface area contributed by atoms with Gasteiger partial charge in [-0.3, -0.25) is 0 Å². The molecule has 0 radical (unpaired) electrons. The minimum Gasteiger partial charge on any atom is -0.357 e. The molecule has 0 bridgehead atoms. The van der Waals surface area contributed by atoms with E-state index in [9.17, 15) is 0 Å². The quantitative estimate of drug-likeness (QED) is 0.836. The van der Waals surface area contributed by atoms with E-state index in [-0.39, 0.29) is 0 Å². The average Bonchev–Trinajstić information content (AvgIpc) is 2.98. The topological polar surface area (TPSA) is 80.5 Å². The van der Waals surface area contributed by atoms with Gasteiger partial charge in [0.15, 0.2) is 0 Å². The van der Waals surface area contributed by atoms with Crippen molar-refractivity contribution in [1.82, 2.24) is 24.7 Å². The van der Waals surface area contributed by atoms with Crippen LogP contribution in [0.25, 0.3) is 5.95 Å². The summed E-state index contributed by atoms with van der Waals surface area (Å²) in [5.41, 5.74) is 0. The summed E-state index contributed by atoms with van der Waals surface area (Å²) < 4.78 is 1.61. The van der Waals surface area contributed by atoms with Crippen LogP contribution in [-0.2, 0) is 0 Å². The number of hydrogen-bond acceptors (Lipinski definition) is 6. The fourth-order valence-electron chi connectivity index (χ4n) is 1.53. The Labute approximate surface area is 118 Å². The standard InChI is InChI=1S/C13H21N7/c1-9(2)10(3)8-15-12-17-11(14-4)18-13(19-12)20-7-5-6-16-20/h5-7,9-10H,8H2,1-4H3,(H2,14,15,17,18,19). The number of nitrogens with one attached hydrogen (secondary N) is 2. The summed E-state index contributed by atoms with van der Waals surface area (Å²) in [6, 6.07) is 1.83.